The zero-order valence-corrected chi connectivity index (χ0v) is 14.9. The van der Waals surface area contributed by atoms with Gasteiger partial charge in [-0.2, -0.15) is 0 Å². The van der Waals surface area contributed by atoms with E-state index >= 15 is 0 Å². The highest BCUT2D eigenvalue weighted by molar-refractivity contribution is 5.79. The number of hydrogen-bond acceptors (Lipinski definition) is 5. The maximum Gasteiger partial charge on any atom is 0.408 e. The van der Waals surface area contributed by atoms with Gasteiger partial charge in [-0.1, -0.05) is 12.2 Å². The van der Waals surface area contributed by atoms with E-state index in [2.05, 4.69) is 18.5 Å². The predicted molar refractivity (Wildman–Crippen MR) is 92.9 cm³/mol. The minimum Gasteiger partial charge on any atom is -0.480 e. The highest BCUT2D eigenvalue weighted by Crippen LogP contribution is 2.07. The van der Waals surface area contributed by atoms with E-state index in [9.17, 15) is 9.59 Å². The number of carboxylic acid groups (broad SMARTS) is 1. The van der Waals surface area contributed by atoms with E-state index in [1.54, 1.807) is 32.9 Å². The van der Waals surface area contributed by atoms with Gasteiger partial charge in [0.15, 0.2) is 0 Å². The van der Waals surface area contributed by atoms with Gasteiger partial charge in [-0.05, 0) is 33.6 Å². The Morgan fingerprint density at radius 3 is 2.12 bits per heavy atom. The van der Waals surface area contributed by atoms with E-state index in [0.29, 0.717) is 19.4 Å². The van der Waals surface area contributed by atoms with Crippen LogP contribution in [-0.2, 0) is 14.3 Å². The normalized spacial score (nSPS) is 11.5. The lowest BCUT2D eigenvalue weighted by Crippen LogP contribution is -2.44. The standard InChI is InChI=1S/C13H23NO5.C4H8O/c1-5-6-8-18-9-7-10(11(15)16)14-12(17)19-13(2,3)4;1-2-3-4-5/h5,10H,1,6-9H2,2-4H3,(H,14,17)(H,15,16);2,5H,1,3-4H2/t10-;/m0./s1. The number of aliphatic hydroxyl groups is 1. The van der Waals surface area contributed by atoms with Crippen LogP contribution < -0.4 is 5.32 Å². The largest absolute Gasteiger partial charge is 0.480 e. The predicted octanol–water partition coefficient (Wildman–Crippen LogP) is 2.50. The number of aliphatic carboxylic acids is 1. The van der Waals surface area contributed by atoms with E-state index in [-0.39, 0.29) is 19.6 Å². The number of hydrogen-bond donors (Lipinski definition) is 3. The Kier molecular flexibility index (Phi) is 15.0. The second-order valence-corrected chi connectivity index (χ2v) is 5.82. The van der Waals surface area contributed by atoms with E-state index in [0.717, 1.165) is 0 Å². The van der Waals surface area contributed by atoms with Crippen LogP contribution in [0.1, 0.15) is 40.0 Å². The maximum atomic E-state index is 11.5. The summed E-state index contributed by atoms with van der Waals surface area (Å²) in [5.74, 6) is -1.11. The summed E-state index contributed by atoms with van der Waals surface area (Å²) in [6, 6.07) is -1.02. The lowest BCUT2D eigenvalue weighted by atomic mass is 10.2. The van der Waals surface area contributed by atoms with E-state index in [4.69, 9.17) is 19.7 Å². The molecule has 0 aliphatic carbocycles. The smallest absolute Gasteiger partial charge is 0.408 e. The fourth-order valence-electron chi connectivity index (χ4n) is 1.27. The minimum absolute atomic E-state index is 0.186. The van der Waals surface area contributed by atoms with Gasteiger partial charge in [-0.25, -0.2) is 9.59 Å². The molecule has 0 aromatic rings. The first-order chi connectivity index (χ1) is 11.2. The first-order valence-electron chi connectivity index (χ1n) is 7.80. The van der Waals surface area contributed by atoms with Crippen LogP contribution in [0.3, 0.4) is 0 Å². The van der Waals surface area contributed by atoms with Crippen molar-refractivity contribution >= 4 is 12.1 Å². The molecule has 0 saturated carbocycles. The molecule has 0 rings (SSSR count). The molecule has 0 fully saturated rings. The molecule has 0 aliphatic heterocycles. The van der Waals surface area contributed by atoms with Crippen molar-refractivity contribution in [3.63, 3.8) is 0 Å². The van der Waals surface area contributed by atoms with Crippen molar-refractivity contribution in [1.29, 1.82) is 0 Å². The highest BCUT2D eigenvalue weighted by Gasteiger charge is 2.23. The molecule has 0 saturated heterocycles. The number of ether oxygens (including phenoxy) is 2. The lowest BCUT2D eigenvalue weighted by Gasteiger charge is -2.21. The Hall–Kier alpha value is -1.86. The summed E-state index contributed by atoms with van der Waals surface area (Å²) in [6.45, 7) is 13.0. The van der Waals surface area contributed by atoms with Gasteiger partial charge >= 0.3 is 12.1 Å². The number of carboxylic acids is 1. The fourth-order valence-corrected chi connectivity index (χ4v) is 1.27. The summed E-state index contributed by atoms with van der Waals surface area (Å²) < 4.78 is 10.2. The molecule has 140 valence electrons. The van der Waals surface area contributed by atoms with E-state index in [1.807, 2.05) is 0 Å². The molecule has 7 nitrogen and oxygen atoms in total. The van der Waals surface area contributed by atoms with Crippen molar-refractivity contribution in [2.75, 3.05) is 19.8 Å². The first-order valence-corrected chi connectivity index (χ1v) is 7.80. The number of rotatable bonds is 10. The number of nitrogens with one attached hydrogen (secondary N) is 1. The van der Waals surface area contributed by atoms with Crippen molar-refractivity contribution in [2.24, 2.45) is 0 Å². The Balaban J connectivity index is 0. The molecular formula is C17H31NO6. The monoisotopic (exact) mass is 345 g/mol. The Morgan fingerprint density at radius 1 is 1.17 bits per heavy atom. The van der Waals surface area contributed by atoms with Crippen molar-refractivity contribution < 1.29 is 29.3 Å². The summed E-state index contributed by atoms with van der Waals surface area (Å²) in [7, 11) is 0. The van der Waals surface area contributed by atoms with Gasteiger partial charge in [0.25, 0.3) is 0 Å². The lowest BCUT2D eigenvalue weighted by molar-refractivity contribution is -0.140. The third kappa shape index (κ3) is 18.2. The average molecular weight is 345 g/mol. The zero-order valence-electron chi connectivity index (χ0n) is 14.9. The van der Waals surface area contributed by atoms with Crippen LogP contribution in [0, 0.1) is 0 Å². The molecule has 24 heavy (non-hydrogen) atoms. The van der Waals surface area contributed by atoms with Crippen molar-refractivity contribution in [3.8, 4) is 0 Å². The van der Waals surface area contributed by atoms with Gasteiger partial charge < -0.3 is 25.0 Å². The van der Waals surface area contributed by atoms with E-state index < -0.39 is 23.7 Å². The third-order valence-electron chi connectivity index (χ3n) is 2.34. The quantitative estimate of drug-likeness (QED) is 0.415. The molecule has 0 aromatic heterocycles. The van der Waals surface area contributed by atoms with Crippen molar-refractivity contribution in [3.05, 3.63) is 25.3 Å². The number of amides is 1. The average Bonchev–Trinajstić information content (AvgIpc) is 2.45. The Labute approximate surface area is 144 Å². The van der Waals surface area contributed by atoms with Crippen LogP contribution in [0.2, 0.25) is 0 Å². The Morgan fingerprint density at radius 2 is 1.75 bits per heavy atom. The van der Waals surface area contributed by atoms with Gasteiger partial charge in [0.1, 0.15) is 11.6 Å². The first kappa shape index (κ1) is 24.4. The summed E-state index contributed by atoms with van der Waals surface area (Å²) in [5.41, 5.74) is -0.659. The molecule has 0 spiro atoms. The number of alkyl carbamates (subject to hydrolysis) is 1. The molecule has 0 aliphatic rings. The second-order valence-electron chi connectivity index (χ2n) is 5.82. The molecule has 0 heterocycles. The molecule has 1 atom stereocenters. The fraction of sp³-hybridized carbons (Fsp3) is 0.647. The summed E-state index contributed by atoms with van der Waals surface area (Å²) in [4.78, 5) is 22.4. The summed E-state index contributed by atoms with van der Waals surface area (Å²) >= 11 is 0. The maximum absolute atomic E-state index is 11.5. The molecule has 0 unspecified atom stereocenters. The van der Waals surface area contributed by atoms with Crippen molar-refractivity contribution in [1.82, 2.24) is 5.32 Å². The molecule has 7 heteroatoms. The molecule has 0 aromatic carbocycles. The van der Waals surface area contributed by atoms with E-state index in [1.165, 1.54) is 0 Å². The molecule has 3 N–H and O–H groups in total. The number of carbonyl (C=O) groups is 2. The van der Waals surface area contributed by atoms with Gasteiger partial charge in [-0.3, -0.25) is 0 Å². The van der Waals surface area contributed by atoms with Gasteiger partial charge in [0.2, 0.25) is 0 Å². The van der Waals surface area contributed by atoms with Gasteiger partial charge in [0, 0.05) is 26.2 Å². The molecular weight excluding hydrogens is 314 g/mol. The topological polar surface area (TPSA) is 105 Å². The van der Waals surface area contributed by atoms with Crippen LogP contribution in [0.15, 0.2) is 25.3 Å². The van der Waals surface area contributed by atoms with Crippen LogP contribution in [0.25, 0.3) is 0 Å². The molecule has 1 amide bonds. The van der Waals surface area contributed by atoms with Crippen LogP contribution in [0.5, 0.6) is 0 Å². The van der Waals surface area contributed by atoms with Gasteiger partial charge in [-0.15, -0.1) is 13.2 Å². The number of aliphatic hydroxyl groups excluding tert-OH is 1. The second kappa shape index (κ2) is 14.7. The van der Waals surface area contributed by atoms with Crippen molar-refractivity contribution in [2.45, 2.75) is 51.7 Å². The van der Waals surface area contributed by atoms with Crippen LogP contribution >= 0.6 is 0 Å². The zero-order chi connectivity index (χ0) is 19.0. The SMILES string of the molecule is C=CCCO.C=CCCOCC[C@H](NC(=O)OC(C)(C)C)C(=O)O. The summed E-state index contributed by atoms with van der Waals surface area (Å²) in [5, 5.41) is 19.3. The number of carbonyl (C=O) groups excluding carboxylic acids is 1. The Bertz CT molecular complexity index is 376. The van der Waals surface area contributed by atoms with Crippen LogP contribution in [0.4, 0.5) is 4.79 Å². The highest BCUT2D eigenvalue weighted by atomic mass is 16.6. The molecule has 0 radical (unpaired) electrons. The van der Waals surface area contributed by atoms with Crippen LogP contribution in [-0.4, -0.2) is 53.7 Å². The van der Waals surface area contributed by atoms with Gasteiger partial charge in [0.05, 0.1) is 0 Å². The molecule has 0 bridgehead atoms. The third-order valence-corrected chi connectivity index (χ3v) is 2.34. The minimum atomic E-state index is -1.11. The summed E-state index contributed by atoms with van der Waals surface area (Å²) in [6.07, 6.45) is 4.25.